The zero-order valence-electron chi connectivity index (χ0n) is 8.02. The maximum Gasteiger partial charge on any atom is 0.108 e. The van der Waals surface area contributed by atoms with E-state index >= 15 is 0 Å². The van der Waals surface area contributed by atoms with Crippen molar-refractivity contribution in [1.82, 2.24) is 0 Å². The Morgan fingerprint density at radius 3 is 2.33 bits per heavy atom. The number of nitroso groups, excluding NO2 is 1. The van der Waals surface area contributed by atoms with Crippen molar-refractivity contribution in [2.24, 2.45) is 28.8 Å². The van der Waals surface area contributed by atoms with E-state index in [2.05, 4.69) is 53.0 Å². The molecule has 5 heteroatoms. The summed E-state index contributed by atoms with van der Waals surface area (Å²) < 4.78 is 0. The van der Waals surface area contributed by atoms with Gasteiger partial charge in [0.25, 0.3) is 0 Å². The van der Waals surface area contributed by atoms with Crippen LogP contribution < -0.4 is 0 Å². The quantitative estimate of drug-likeness (QED) is 0.486. The predicted molar refractivity (Wildman–Crippen MR) is 70.9 cm³/mol. The topological polar surface area (TPSA) is 29.4 Å². The Hall–Kier alpha value is 1.04. The van der Waals surface area contributed by atoms with Gasteiger partial charge in [0.2, 0.25) is 0 Å². The van der Waals surface area contributed by atoms with Crippen LogP contribution in [-0.2, 0) is 0 Å². The molecule has 0 spiro atoms. The lowest BCUT2D eigenvalue weighted by Gasteiger charge is -2.32. The van der Waals surface area contributed by atoms with Crippen molar-refractivity contribution in [3.05, 3.63) is 4.91 Å². The van der Waals surface area contributed by atoms with E-state index in [1.807, 2.05) is 0 Å². The van der Waals surface area contributed by atoms with Gasteiger partial charge in [0.05, 0.1) is 0 Å². The summed E-state index contributed by atoms with van der Waals surface area (Å²) >= 11 is 11.2. The van der Waals surface area contributed by atoms with E-state index < -0.39 is 0 Å². The van der Waals surface area contributed by atoms with Crippen LogP contribution in [0.4, 0.5) is 0 Å². The third-order valence-electron chi connectivity index (χ3n) is 4.59. The normalized spacial score (nSPS) is 62.1. The zero-order chi connectivity index (χ0) is 10.7. The Bertz CT molecular complexity index is 300. The molecule has 3 saturated carbocycles. The molecule has 15 heavy (non-hydrogen) atoms. The molecule has 0 aromatic carbocycles. The fourth-order valence-corrected chi connectivity index (χ4v) is 6.92. The number of rotatable bonds is 1. The number of hydrogen-bond donors (Lipinski definition) is 0. The number of fused-ring (bicyclic) bond motifs is 5. The average molecular weight is 402 g/mol. The van der Waals surface area contributed by atoms with Gasteiger partial charge in [-0.15, -0.1) is 0 Å². The first-order valence-electron chi connectivity index (χ1n) is 5.40. The van der Waals surface area contributed by atoms with Gasteiger partial charge in [0, 0.05) is 14.5 Å². The Morgan fingerprint density at radius 1 is 0.933 bits per heavy atom. The summed E-state index contributed by atoms with van der Waals surface area (Å²) in [6.45, 7) is 0. The van der Waals surface area contributed by atoms with Crippen LogP contribution >= 0.6 is 47.8 Å². The van der Waals surface area contributed by atoms with Crippen LogP contribution in [0.2, 0.25) is 0 Å². The van der Waals surface area contributed by atoms with Gasteiger partial charge < -0.3 is 0 Å². The van der Waals surface area contributed by atoms with E-state index in [-0.39, 0.29) is 6.04 Å². The molecule has 0 radical (unpaired) electrons. The minimum atomic E-state index is 0.00843. The highest BCUT2D eigenvalue weighted by Crippen LogP contribution is 2.63. The lowest BCUT2D eigenvalue weighted by Crippen LogP contribution is -2.38. The molecular formula is C10H12Br3NO. The van der Waals surface area contributed by atoms with Gasteiger partial charge in [-0.05, 0) is 36.5 Å². The number of halogens is 3. The summed E-state index contributed by atoms with van der Waals surface area (Å²) in [5, 5.41) is 3.34. The second-order valence-electron chi connectivity index (χ2n) is 5.04. The molecule has 3 fully saturated rings. The van der Waals surface area contributed by atoms with Gasteiger partial charge in [-0.25, -0.2) is 0 Å². The molecule has 0 aromatic heterocycles. The van der Waals surface area contributed by atoms with Crippen LogP contribution in [0.5, 0.6) is 0 Å². The summed E-state index contributed by atoms with van der Waals surface area (Å²) in [6.07, 6.45) is 2.44. The lowest BCUT2D eigenvalue weighted by molar-refractivity contribution is 0.248. The highest BCUT2D eigenvalue weighted by Gasteiger charge is 2.63. The first-order valence-corrected chi connectivity index (χ1v) is 8.14. The fourth-order valence-electron chi connectivity index (χ4n) is 4.04. The second-order valence-corrected chi connectivity index (χ2v) is 8.33. The first-order chi connectivity index (χ1) is 7.15. The molecule has 84 valence electrons. The van der Waals surface area contributed by atoms with Gasteiger partial charge in [0.15, 0.2) is 0 Å². The summed E-state index contributed by atoms with van der Waals surface area (Å²) in [4.78, 5) is 12.3. The van der Waals surface area contributed by atoms with E-state index in [9.17, 15) is 4.91 Å². The highest BCUT2D eigenvalue weighted by molar-refractivity contribution is 9.12. The van der Waals surface area contributed by atoms with Crippen molar-refractivity contribution >= 4 is 47.8 Å². The molecule has 0 N–H and O–H groups in total. The SMILES string of the molecule is O=N[C@@H]1[C@H](Br)[C@H]2C[C@@H]1[C@H]1[C@@H](Br)[C@@H](Br)C[C@H]21. The van der Waals surface area contributed by atoms with E-state index in [0.29, 0.717) is 32.2 Å². The van der Waals surface area contributed by atoms with Crippen LogP contribution in [0, 0.1) is 28.6 Å². The number of hydrogen-bond acceptors (Lipinski definition) is 2. The summed E-state index contributed by atoms with van der Waals surface area (Å²) in [5.74, 6) is 2.63. The predicted octanol–water partition coefficient (Wildman–Crippen LogP) is 3.70. The van der Waals surface area contributed by atoms with Crippen molar-refractivity contribution in [3.63, 3.8) is 0 Å². The number of nitrogens with zero attached hydrogens (tertiary/aromatic N) is 1. The van der Waals surface area contributed by atoms with Gasteiger partial charge in [0.1, 0.15) is 6.04 Å². The molecule has 3 rings (SSSR count). The fraction of sp³-hybridized carbons (Fsp3) is 1.00. The molecule has 0 amide bonds. The first kappa shape index (κ1) is 11.1. The average Bonchev–Trinajstić information content (AvgIpc) is 2.79. The monoisotopic (exact) mass is 399 g/mol. The smallest absolute Gasteiger partial charge is 0.108 e. The minimum Gasteiger partial charge on any atom is -0.150 e. The van der Waals surface area contributed by atoms with Crippen LogP contribution in [0.1, 0.15) is 12.8 Å². The summed E-state index contributed by atoms with van der Waals surface area (Å²) in [7, 11) is 0. The Labute approximate surface area is 114 Å². The molecule has 2 nitrogen and oxygen atoms in total. The maximum absolute atomic E-state index is 10.9. The molecule has 0 saturated heterocycles. The molecule has 2 bridgehead atoms. The summed E-state index contributed by atoms with van der Waals surface area (Å²) in [6, 6.07) is 0.00843. The van der Waals surface area contributed by atoms with Crippen molar-refractivity contribution in [2.75, 3.05) is 0 Å². The Morgan fingerprint density at radius 2 is 1.67 bits per heavy atom. The third-order valence-corrected chi connectivity index (χ3v) is 8.71. The van der Waals surface area contributed by atoms with Crippen molar-refractivity contribution in [3.8, 4) is 0 Å². The minimum absolute atomic E-state index is 0.00843. The zero-order valence-corrected chi connectivity index (χ0v) is 12.8. The van der Waals surface area contributed by atoms with Crippen molar-refractivity contribution in [1.29, 1.82) is 0 Å². The van der Waals surface area contributed by atoms with Crippen LogP contribution in [0.15, 0.2) is 5.18 Å². The molecule has 3 aliphatic rings. The van der Waals surface area contributed by atoms with Gasteiger partial charge >= 0.3 is 0 Å². The van der Waals surface area contributed by atoms with Gasteiger partial charge in [-0.3, -0.25) is 0 Å². The molecular weight excluding hydrogens is 390 g/mol. The third kappa shape index (κ3) is 1.38. The van der Waals surface area contributed by atoms with Gasteiger partial charge in [-0.1, -0.05) is 53.0 Å². The second kappa shape index (κ2) is 3.77. The maximum atomic E-state index is 10.9. The Kier molecular flexibility index (Phi) is 2.80. The standard InChI is InChI=1S/C10H12Br3NO/c11-6-2-3-4-1-5(7(3)9(6)13)10(14-15)8(4)12/h3-10H,1-2H2/t3-,4+,5-,6+,7+,8-,9+,10+/m1/s1. The molecule has 0 unspecified atom stereocenters. The van der Waals surface area contributed by atoms with Crippen molar-refractivity contribution < 1.29 is 0 Å². The Balaban J connectivity index is 1.92. The molecule has 0 aliphatic heterocycles. The van der Waals surface area contributed by atoms with E-state index in [1.54, 1.807) is 0 Å². The van der Waals surface area contributed by atoms with Gasteiger partial charge in [-0.2, -0.15) is 4.91 Å². The molecule has 0 heterocycles. The largest absolute Gasteiger partial charge is 0.150 e. The molecule has 0 aromatic rings. The molecule has 3 aliphatic carbocycles. The van der Waals surface area contributed by atoms with Crippen LogP contribution in [-0.4, -0.2) is 20.5 Å². The van der Waals surface area contributed by atoms with E-state index in [4.69, 9.17) is 0 Å². The van der Waals surface area contributed by atoms with Crippen LogP contribution in [0.25, 0.3) is 0 Å². The lowest BCUT2D eigenvalue weighted by atomic mass is 9.79. The summed E-state index contributed by atoms with van der Waals surface area (Å²) in [5.41, 5.74) is 0. The van der Waals surface area contributed by atoms with E-state index in [0.717, 1.165) is 5.92 Å². The number of alkyl halides is 3. The van der Waals surface area contributed by atoms with Crippen LogP contribution in [0.3, 0.4) is 0 Å². The highest BCUT2D eigenvalue weighted by atomic mass is 79.9. The molecule has 8 atom stereocenters. The van der Waals surface area contributed by atoms with Crippen molar-refractivity contribution in [2.45, 2.75) is 33.4 Å². The van der Waals surface area contributed by atoms with E-state index in [1.165, 1.54) is 12.8 Å².